The van der Waals surface area contributed by atoms with Crippen molar-refractivity contribution in [2.45, 2.75) is 20.0 Å². The van der Waals surface area contributed by atoms with Gasteiger partial charge in [0.25, 0.3) is 5.91 Å². The maximum atomic E-state index is 13.7. The highest BCUT2D eigenvalue weighted by atomic mass is 19.1. The van der Waals surface area contributed by atoms with Gasteiger partial charge in [-0.2, -0.15) is 0 Å². The van der Waals surface area contributed by atoms with E-state index in [0.717, 1.165) is 12.1 Å². The second kappa shape index (κ2) is 8.47. The summed E-state index contributed by atoms with van der Waals surface area (Å²) in [5.74, 6) is -1.78. The zero-order valence-electron chi connectivity index (χ0n) is 15.4. The van der Waals surface area contributed by atoms with Crippen molar-refractivity contribution in [1.29, 1.82) is 0 Å². The molecule has 0 unspecified atom stereocenters. The molecule has 7 heteroatoms. The van der Waals surface area contributed by atoms with Gasteiger partial charge < -0.3 is 15.4 Å². The third-order valence-electron chi connectivity index (χ3n) is 3.72. The first kappa shape index (κ1) is 19.3. The van der Waals surface area contributed by atoms with Crippen molar-refractivity contribution in [3.05, 3.63) is 78.1 Å². The molecule has 3 rings (SSSR count). The van der Waals surface area contributed by atoms with E-state index in [0.29, 0.717) is 17.1 Å². The van der Waals surface area contributed by atoms with Crippen LogP contribution in [-0.4, -0.2) is 17.0 Å². The SMILES string of the molecule is CC(C)Oc1ccccc1Nc1ccnc(C(=O)Nc2c(F)cccc2F)c1. The van der Waals surface area contributed by atoms with Crippen LogP contribution in [0.25, 0.3) is 0 Å². The first-order valence-corrected chi connectivity index (χ1v) is 8.68. The normalized spacial score (nSPS) is 10.6. The molecule has 1 aromatic heterocycles. The maximum absolute atomic E-state index is 13.7. The molecule has 0 spiro atoms. The number of aromatic nitrogens is 1. The summed E-state index contributed by atoms with van der Waals surface area (Å²) in [4.78, 5) is 16.4. The molecule has 5 nitrogen and oxygen atoms in total. The summed E-state index contributed by atoms with van der Waals surface area (Å²) < 4.78 is 33.2. The quantitative estimate of drug-likeness (QED) is 0.618. The Balaban J connectivity index is 1.80. The number of hydrogen-bond donors (Lipinski definition) is 2. The predicted octanol–water partition coefficient (Wildman–Crippen LogP) is 5.14. The molecule has 0 fully saturated rings. The van der Waals surface area contributed by atoms with Crippen molar-refractivity contribution in [1.82, 2.24) is 4.98 Å². The Hall–Kier alpha value is -3.48. The molecule has 3 aromatic rings. The van der Waals surface area contributed by atoms with E-state index in [-0.39, 0.29) is 11.8 Å². The van der Waals surface area contributed by atoms with Crippen LogP contribution < -0.4 is 15.4 Å². The van der Waals surface area contributed by atoms with Gasteiger partial charge in [-0.15, -0.1) is 0 Å². The Morgan fingerprint density at radius 3 is 2.46 bits per heavy atom. The number of nitrogens with zero attached hydrogens (tertiary/aromatic N) is 1. The number of rotatable bonds is 6. The molecule has 0 aliphatic rings. The van der Waals surface area contributed by atoms with Crippen molar-refractivity contribution in [2.24, 2.45) is 0 Å². The van der Waals surface area contributed by atoms with Crippen molar-refractivity contribution in [3.8, 4) is 5.75 Å². The molecular weight excluding hydrogens is 364 g/mol. The number of benzene rings is 2. The maximum Gasteiger partial charge on any atom is 0.274 e. The topological polar surface area (TPSA) is 63.2 Å². The molecule has 1 heterocycles. The third-order valence-corrected chi connectivity index (χ3v) is 3.72. The third kappa shape index (κ3) is 4.62. The lowest BCUT2D eigenvalue weighted by Gasteiger charge is -2.15. The summed E-state index contributed by atoms with van der Waals surface area (Å²) in [6.07, 6.45) is 1.43. The van der Waals surface area contributed by atoms with E-state index < -0.39 is 23.2 Å². The van der Waals surface area contributed by atoms with Gasteiger partial charge in [0.1, 0.15) is 28.8 Å². The minimum absolute atomic E-state index is 0.00241. The van der Waals surface area contributed by atoms with Gasteiger partial charge in [0.15, 0.2) is 0 Å². The van der Waals surface area contributed by atoms with E-state index >= 15 is 0 Å². The molecule has 0 saturated heterocycles. The molecule has 1 amide bonds. The molecule has 0 aliphatic heterocycles. The first-order chi connectivity index (χ1) is 13.4. The van der Waals surface area contributed by atoms with Crippen molar-refractivity contribution in [3.63, 3.8) is 0 Å². The van der Waals surface area contributed by atoms with E-state index in [9.17, 15) is 13.6 Å². The van der Waals surface area contributed by atoms with Gasteiger partial charge >= 0.3 is 0 Å². The van der Waals surface area contributed by atoms with Crippen molar-refractivity contribution < 1.29 is 18.3 Å². The first-order valence-electron chi connectivity index (χ1n) is 8.68. The Bertz CT molecular complexity index is 973. The number of ether oxygens (including phenoxy) is 1. The van der Waals surface area contributed by atoms with Crippen molar-refractivity contribution in [2.75, 3.05) is 10.6 Å². The second-order valence-electron chi connectivity index (χ2n) is 6.27. The average Bonchev–Trinajstić information content (AvgIpc) is 2.66. The van der Waals surface area contributed by atoms with Gasteiger partial charge in [0.05, 0.1) is 11.8 Å². The van der Waals surface area contributed by atoms with Crippen LogP contribution in [0.5, 0.6) is 5.75 Å². The minimum Gasteiger partial charge on any atom is -0.489 e. The zero-order valence-corrected chi connectivity index (χ0v) is 15.4. The number of pyridine rings is 1. The van der Waals surface area contributed by atoms with Crippen molar-refractivity contribution >= 4 is 23.0 Å². The fraction of sp³-hybridized carbons (Fsp3) is 0.143. The van der Waals surface area contributed by atoms with E-state index in [1.807, 2.05) is 38.1 Å². The molecule has 0 bridgehead atoms. The molecule has 2 aromatic carbocycles. The number of nitrogens with one attached hydrogen (secondary N) is 2. The Morgan fingerprint density at radius 2 is 1.75 bits per heavy atom. The number of carbonyl (C=O) groups excluding carboxylic acids is 1. The number of para-hydroxylation sites is 3. The fourth-order valence-electron chi connectivity index (χ4n) is 2.51. The molecular formula is C21H19F2N3O2. The number of carbonyl (C=O) groups is 1. The van der Waals surface area contributed by atoms with E-state index in [1.165, 1.54) is 18.3 Å². The van der Waals surface area contributed by atoms with Gasteiger partial charge in [-0.05, 0) is 50.2 Å². The van der Waals surface area contributed by atoms with E-state index in [4.69, 9.17) is 4.74 Å². The molecule has 144 valence electrons. The van der Waals surface area contributed by atoms with Crippen LogP contribution in [0.15, 0.2) is 60.8 Å². The lowest BCUT2D eigenvalue weighted by atomic mass is 10.2. The second-order valence-corrected chi connectivity index (χ2v) is 6.27. The van der Waals surface area contributed by atoms with Gasteiger partial charge in [-0.25, -0.2) is 8.78 Å². The van der Waals surface area contributed by atoms with Gasteiger partial charge in [-0.3, -0.25) is 9.78 Å². The van der Waals surface area contributed by atoms with Crippen LogP contribution in [0.4, 0.5) is 25.8 Å². The fourth-order valence-corrected chi connectivity index (χ4v) is 2.51. The lowest BCUT2D eigenvalue weighted by molar-refractivity contribution is 0.102. The summed E-state index contributed by atoms with van der Waals surface area (Å²) in [5.41, 5.74) is 0.793. The van der Waals surface area contributed by atoms with Gasteiger partial charge in [0, 0.05) is 11.9 Å². The highest BCUT2D eigenvalue weighted by molar-refractivity contribution is 6.03. The minimum atomic E-state index is -0.859. The molecule has 0 radical (unpaired) electrons. The lowest BCUT2D eigenvalue weighted by Crippen LogP contribution is -2.16. The smallest absolute Gasteiger partial charge is 0.274 e. The van der Waals surface area contributed by atoms with Crippen LogP contribution >= 0.6 is 0 Å². The monoisotopic (exact) mass is 383 g/mol. The van der Waals surface area contributed by atoms with Crippen LogP contribution in [0, 0.1) is 11.6 Å². The van der Waals surface area contributed by atoms with E-state index in [1.54, 1.807) is 6.07 Å². The summed E-state index contributed by atoms with van der Waals surface area (Å²) >= 11 is 0. The number of hydrogen-bond acceptors (Lipinski definition) is 4. The highest BCUT2D eigenvalue weighted by Crippen LogP contribution is 2.28. The standard InChI is InChI=1S/C21H19F2N3O2/c1-13(2)28-19-9-4-3-8-17(19)25-14-10-11-24-18(12-14)21(27)26-20-15(22)6-5-7-16(20)23/h3-13H,1-2H3,(H,24,25)(H,26,27). The number of halogens is 2. The Labute approximate surface area is 161 Å². The van der Waals surface area contributed by atoms with Crippen LogP contribution in [0.3, 0.4) is 0 Å². The average molecular weight is 383 g/mol. The number of amides is 1. The Morgan fingerprint density at radius 1 is 1.04 bits per heavy atom. The molecule has 0 aliphatic carbocycles. The largest absolute Gasteiger partial charge is 0.489 e. The van der Waals surface area contributed by atoms with Crippen LogP contribution in [0.2, 0.25) is 0 Å². The molecule has 28 heavy (non-hydrogen) atoms. The van der Waals surface area contributed by atoms with Crippen LogP contribution in [0.1, 0.15) is 24.3 Å². The summed E-state index contributed by atoms with van der Waals surface area (Å²) in [6, 6.07) is 13.9. The Kier molecular flexibility index (Phi) is 5.84. The van der Waals surface area contributed by atoms with Gasteiger partial charge in [-0.1, -0.05) is 18.2 Å². The number of anilines is 3. The van der Waals surface area contributed by atoms with Gasteiger partial charge in [0.2, 0.25) is 0 Å². The molecule has 2 N–H and O–H groups in total. The molecule has 0 saturated carbocycles. The summed E-state index contributed by atoms with van der Waals surface area (Å²) in [5, 5.41) is 5.39. The van der Waals surface area contributed by atoms with E-state index in [2.05, 4.69) is 15.6 Å². The molecule has 0 atom stereocenters. The highest BCUT2D eigenvalue weighted by Gasteiger charge is 2.15. The van der Waals surface area contributed by atoms with Crippen LogP contribution in [-0.2, 0) is 0 Å². The predicted molar refractivity (Wildman–Crippen MR) is 104 cm³/mol. The summed E-state index contributed by atoms with van der Waals surface area (Å²) in [6.45, 7) is 3.85. The summed E-state index contributed by atoms with van der Waals surface area (Å²) in [7, 11) is 0. The zero-order chi connectivity index (χ0) is 20.1.